The van der Waals surface area contributed by atoms with Gasteiger partial charge in [0.25, 0.3) is 0 Å². The molecular formula is C9H18O6. The Hall–Kier alpha value is -0.240. The molecule has 2 atom stereocenters. The SMILES string of the molecule is CC(C)OCC1(O)COC(O)(CO)CO1. The third-order valence-corrected chi connectivity index (χ3v) is 2.02. The van der Waals surface area contributed by atoms with Crippen molar-refractivity contribution in [1.29, 1.82) is 0 Å². The predicted molar refractivity (Wildman–Crippen MR) is 50.0 cm³/mol. The van der Waals surface area contributed by atoms with Crippen LogP contribution in [0.15, 0.2) is 0 Å². The second-order valence-electron chi connectivity index (χ2n) is 3.99. The first-order chi connectivity index (χ1) is 6.89. The Morgan fingerprint density at radius 2 is 1.73 bits per heavy atom. The van der Waals surface area contributed by atoms with Crippen LogP contribution in [0.1, 0.15) is 13.8 Å². The van der Waals surface area contributed by atoms with E-state index < -0.39 is 18.2 Å². The Labute approximate surface area is 88.4 Å². The van der Waals surface area contributed by atoms with Crippen molar-refractivity contribution in [2.75, 3.05) is 26.4 Å². The second-order valence-corrected chi connectivity index (χ2v) is 3.99. The van der Waals surface area contributed by atoms with Crippen molar-refractivity contribution in [2.45, 2.75) is 31.5 Å². The van der Waals surface area contributed by atoms with Crippen LogP contribution in [0.25, 0.3) is 0 Å². The maximum Gasteiger partial charge on any atom is 0.213 e. The fraction of sp³-hybridized carbons (Fsp3) is 1.00. The molecule has 15 heavy (non-hydrogen) atoms. The zero-order valence-corrected chi connectivity index (χ0v) is 8.97. The van der Waals surface area contributed by atoms with Crippen molar-refractivity contribution >= 4 is 0 Å². The first-order valence-corrected chi connectivity index (χ1v) is 4.84. The van der Waals surface area contributed by atoms with E-state index in [0.29, 0.717) is 0 Å². The van der Waals surface area contributed by atoms with Gasteiger partial charge in [0.2, 0.25) is 11.6 Å². The summed E-state index contributed by atoms with van der Waals surface area (Å²) in [6.07, 6.45) is -0.0312. The van der Waals surface area contributed by atoms with Crippen LogP contribution in [0.3, 0.4) is 0 Å². The first-order valence-electron chi connectivity index (χ1n) is 4.84. The first kappa shape index (κ1) is 12.8. The lowest BCUT2D eigenvalue weighted by molar-refractivity contribution is -0.380. The Kier molecular flexibility index (Phi) is 4.05. The summed E-state index contributed by atoms with van der Waals surface area (Å²) >= 11 is 0. The third-order valence-electron chi connectivity index (χ3n) is 2.02. The molecule has 2 unspecified atom stereocenters. The van der Waals surface area contributed by atoms with E-state index in [1.165, 1.54) is 0 Å². The molecule has 1 rings (SSSR count). The number of aliphatic hydroxyl groups excluding tert-OH is 1. The summed E-state index contributed by atoms with van der Waals surface area (Å²) in [5.74, 6) is -3.27. The monoisotopic (exact) mass is 222 g/mol. The van der Waals surface area contributed by atoms with Gasteiger partial charge in [0.15, 0.2) is 0 Å². The third kappa shape index (κ3) is 3.67. The molecule has 6 nitrogen and oxygen atoms in total. The van der Waals surface area contributed by atoms with Crippen LogP contribution in [0, 0.1) is 0 Å². The molecule has 0 saturated carbocycles. The maximum atomic E-state index is 9.78. The molecule has 1 saturated heterocycles. The van der Waals surface area contributed by atoms with E-state index in [4.69, 9.17) is 19.3 Å². The quantitative estimate of drug-likeness (QED) is 0.555. The average Bonchev–Trinajstić information content (AvgIpc) is 2.21. The van der Waals surface area contributed by atoms with Gasteiger partial charge in [-0.3, -0.25) is 0 Å². The van der Waals surface area contributed by atoms with E-state index in [9.17, 15) is 10.2 Å². The summed E-state index contributed by atoms with van der Waals surface area (Å²) in [5.41, 5.74) is 0. The van der Waals surface area contributed by atoms with Gasteiger partial charge in [0.05, 0.1) is 12.7 Å². The molecule has 1 aliphatic heterocycles. The van der Waals surface area contributed by atoms with Crippen LogP contribution in [-0.4, -0.2) is 59.4 Å². The van der Waals surface area contributed by atoms with Gasteiger partial charge in [-0.2, -0.15) is 0 Å². The van der Waals surface area contributed by atoms with Crippen LogP contribution in [0.2, 0.25) is 0 Å². The van der Waals surface area contributed by atoms with Gasteiger partial charge in [0, 0.05) is 0 Å². The van der Waals surface area contributed by atoms with E-state index in [1.807, 2.05) is 13.8 Å². The van der Waals surface area contributed by atoms with E-state index in [-0.39, 0.29) is 25.9 Å². The zero-order chi connectivity index (χ0) is 11.5. The van der Waals surface area contributed by atoms with Crippen LogP contribution >= 0.6 is 0 Å². The molecule has 1 aliphatic rings. The van der Waals surface area contributed by atoms with E-state index in [1.54, 1.807) is 0 Å². The molecule has 0 spiro atoms. The minimum absolute atomic E-state index is 0.0312. The topological polar surface area (TPSA) is 88.4 Å². The highest BCUT2D eigenvalue weighted by Gasteiger charge is 2.42. The van der Waals surface area contributed by atoms with Crippen molar-refractivity contribution in [3.05, 3.63) is 0 Å². The standard InChI is InChI=1S/C9H18O6/c1-7(2)13-4-9(12)6-14-8(11,3-10)5-15-9/h7,10-12H,3-6H2,1-2H3. The number of aliphatic hydroxyl groups is 3. The molecule has 0 aromatic heterocycles. The molecule has 0 aliphatic carbocycles. The summed E-state index contributed by atoms with van der Waals surface area (Å²) in [6.45, 7) is 2.52. The molecule has 6 heteroatoms. The lowest BCUT2D eigenvalue weighted by atomic mass is 10.2. The molecule has 1 heterocycles. The van der Waals surface area contributed by atoms with E-state index >= 15 is 0 Å². The highest BCUT2D eigenvalue weighted by atomic mass is 16.7. The van der Waals surface area contributed by atoms with Crippen molar-refractivity contribution in [2.24, 2.45) is 0 Å². The Morgan fingerprint density at radius 3 is 2.13 bits per heavy atom. The molecule has 0 aromatic carbocycles. The normalized spacial score (nSPS) is 37.2. The van der Waals surface area contributed by atoms with Gasteiger partial charge in [-0.15, -0.1) is 0 Å². The summed E-state index contributed by atoms with van der Waals surface area (Å²) in [6, 6.07) is 0. The number of rotatable bonds is 4. The van der Waals surface area contributed by atoms with Crippen LogP contribution in [0.4, 0.5) is 0 Å². The minimum Gasteiger partial charge on any atom is -0.391 e. The molecular weight excluding hydrogens is 204 g/mol. The molecule has 0 aromatic rings. The van der Waals surface area contributed by atoms with E-state index in [2.05, 4.69) is 0 Å². The minimum atomic E-state index is -1.72. The van der Waals surface area contributed by atoms with Crippen molar-refractivity contribution in [3.63, 3.8) is 0 Å². The van der Waals surface area contributed by atoms with Crippen molar-refractivity contribution in [3.8, 4) is 0 Å². The lowest BCUT2D eigenvalue weighted by Crippen LogP contribution is -2.57. The number of hydrogen-bond acceptors (Lipinski definition) is 6. The van der Waals surface area contributed by atoms with Gasteiger partial charge in [0.1, 0.15) is 19.8 Å². The fourth-order valence-electron chi connectivity index (χ4n) is 1.05. The molecule has 0 amide bonds. The smallest absolute Gasteiger partial charge is 0.213 e. The highest BCUT2D eigenvalue weighted by molar-refractivity contribution is 4.78. The summed E-state index contributed by atoms with van der Waals surface area (Å²) in [4.78, 5) is 0. The fourth-order valence-corrected chi connectivity index (χ4v) is 1.05. The summed E-state index contributed by atoms with van der Waals surface area (Å²) < 4.78 is 15.1. The number of ether oxygens (including phenoxy) is 3. The van der Waals surface area contributed by atoms with Gasteiger partial charge in [-0.05, 0) is 13.8 Å². The van der Waals surface area contributed by atoms with Gasteiger partial charge in [-0.25, -0.2) is 0 Å². The predicted octanol–water partition coefficient (Wildman–Crippen LogP) is -1.17. The largest absolute Gasteiger partial charge is 0.391 e. The lowest BCUT2D eigenvalue weighted by Gasteiger charge is -2.39. The summed E-state index contributed by atoms with van der Waals surface area (Å²) in [7, 11) is 0. The van der Waals surface area contributed by atoms with Crippen molar-refractivity contribution in [1.82, 2.24) is 0 Å². The Morgan fingerprint density at radius 1 is 1.20 bits per heavy atom. The molecule has 0 radical (unpaired) electrons. The maximum absolute atomic E-state index is 9.78. The van der Waals surface area contributed by atoms with Crippen molar-refractivity contribution < 1.29 is 29.5 Å². The molecule has 3 N–H and O–H groups in total. The molecule has 0 bridgehead atoms. The van der Waals surface area contributed by atoms with E-state index in [0.717, 1.165) is 0 Å². The summed E-state index contributed by atoms with van der Waals surface area (Å²) in [5, 5.41) is 28.0. The second kappa shape index (κ2) is 4.73. The molecule has 90 valence electrons. The Balaban J connectivity index is 2.40. The zero-order valence-electron chi connectivity index (χ0n) is 8.97. The number of hydrogen-bond donors (Lipinski definition) is 3. The van der Waals surface area contributed by atoms with Gasteiger partial charge >= 0.3 is 0 Å². The van der Waals surface area contributed by atoms with Crippen LogP contribution < -0.4 is 0 Å². The highest BCUT2D eigenvalue weighted by Crippen LogP contribution is 2.22. The Bertz CT molecular complexity index is 197. The van der Waals surface area contributed by atoms with Crippen LogP contribution in [0.5, 0.6) is 0 Å². The average molecular weight is 222 g/mol. The van der Waals surface area contributed by atoms with Gasteiger partial charge < -0.3 is 29.5 Å². The molecule has 1 fully saturated rings. The van der Waals surface area contributed by atoms with Gasteiger partial charge in [-0.1, -0.05) is 0 Å². The van der Waals surface area contributed by atoms with Crippen LogP contribution in [-0.2, 0) is 14.2 Å².